The van der Waals surface area contributed by atoms with Gasteiger partial charge >= 0.3 is 5.97 Å². The third-order valence-corrected chi connectivity index (χ3v) is 3.01. The van der Waals surface area contributed by atoms with E-state index in [1.807, 2.05) is 6.26 Å². The van der Waals surface area contributed by atoms with Crippen molar-refractivity contribution in [1.29, 1.82) is 0 Å². The predicted molar refractivity (Wildman–Crippen MR) is 58.3 cm³/mol. The molecule has 1 aliphatic rings. The lowest BCUT2D eigenvalue weighted by Crippen LogP contribution is -2.38. The molecule has 1 atom stereocenters. The molecule has 0 aromatic heterocycles. The Balaban J connectivity index is 2.56. The molecule has 0 fully saturated rings. The van der Waals surface area contributed by atoms with E-state index in [0.29, 0.717) is 6.61 Å². The largest absolute Gasteiger partial charge is 0.491 e. The first-order valence-corrected chi connectivity index (χ1v) is 5.61. The minimum atomic E-state index is -0.287. The van der Waals surface area contributed by atoms with Crippen molar-refractivity contribution in [2.45, 2.75) is 52.1 Å². The minimum absolute atomic E-state index is 0.239. The maximum Gasteiger partial charge on any atom is 0.302 e. The first-order chi connectivity index (χ1) is 7.12. The molecular weight excluding hydrogens is 192 g/mol. The molecule has 0 saturated carbocycles. The highest BCUT2D eigenvalue weighted by molar-refractivity contribution is 5.65. The first-order valence-electron chi connectivity index (χ1n) is 5.61. The van der Waals surface area contributed by atoms with Crippen LogP contribution in [0.5, 0.6) is 0 Å². The van der Waals surface area contributed by atoms with Gasteiger partial charge in [-0.05, 0) is 31.3 Å². The molecule has 3 nitrogen and oxygen atoms in total. The number of hydrogen-bond donors (Lipinski definition) is 0. The Hall–Kier alpha value is -0.990. The van der Waals surface area contributed by atoms with E-state index < -0.39 is 0 Å². The van der Waals surface area contributed by atoms with Gasteiger partial charge in [0, 0.05) is 6.92 Å². The van der Waals surface area contributed by atoms with Gasteiger partial charge in [0.25, 0.3) is 0 Å². The van der Waals surface area contributed by atoms with Crippen LogP contribution >= 0.6 is 0 Å². The Morgan fingerprint density at radius 3 is 2.73 bits per heavy atom. The summed E-state index contributed by atoms with van der Waals surface area (Å²) < 4.78 is 10.8. The van der Waals surface area contributed by atoms with E-state index in [1.165, 1.54) is 12.5 Å². The Kier molecular flexibility index (Phi) is 4.18. The number of allylic oxidation sites excluding steroid dienone is 1. The number of ether oxygens (including phenoxy) is 2. The van der Waals surface area contributed by atoms with Crippen molar-refractivity contribution >= 4 is 5.97 Å². The fraction of sp³-hybridized carbons (Fsp3) is 0.750. The van der Waals surface area contributed by atoms with Crippen molar-refractivity contribution in [2.24, 2.45) is 0 Å². The molecule has 1 aliphatic heterocycles. The van der Waals surface area contributed by atoms with Gasteiger partial charge in [0.15, 0.2) is 0 Å². The van der Waals surface area contributed by atoms with Gasteiger partial charge in [0.05, 0.1) is 6.26 Å². The van der Waals surface area contributed by atoms with Crippen LogP contribution in [0.1, 0.15) is 46.5 Å². The average Bonchev–Trinajstić information content (AvgIpc) is 2.27. The molecule has 0 aromatic carbocycles. The second-order valence-corrected chi connectivity index (χ2v) is 4.06. The predicted octanol–water partition coefficient (Wildman–Crippen LogP) is 2.80. The quantitative estimate of drug-likeness (QED) is 0.672. The zero-order valence-electron chi connectivity index (χ0n) is 9.84. The molecule has 0 bridgehead atoms. The van der Waals surface area contributed by atoms with E-state index >= 15 is 0 Å². The average molecular weight is 212 g/mol. The highest BCUT2D eigenvalue weighted by Crippen LogP contribution is 2.31. The molecule has 86 valence electrons. The summed E-state index contributed by atoms with van der Waals surface area (Å²) in [6.07, 6.45) is 5.74. The van der Waals surface area contributed by atoms with E-state index in [1.54, 1.807) is 0 Å². The molecule has 1 rings (SSSR count). The summed E-state index contributed by atoms with van der Waals surface area (Å²) in [6.45, 7) is 5.99. The summed E-state index contributed by atoms with van der Waals surface area (Å²) in [7, 11) is 0. The van der Waals surface area contributed by atoms with Crippen LogP contribution in [0.25, 0.3) is 0 Å². The molecule has 15 heavy (non-hydrogen) atoms. The van der Waals surface area contributed by atoms with Crippen molar-refractivity contribution in [3.8, 4) is 0 Å². The zero-order chi connectivity index (χ0) is 11.3. The van der Waals surface area contributed by atoms with Crippen molar-refractivity contribution in [3.63, 3.8) is 0 Å². The second kappa shape index (κ2) is 5.19. The van der Waals surface area contributed by atoms with Crippen LogP contribution in [0.4, 0.5) is 0 Å². The summed E-state index contributed by atoms with van der Waals surface area (Å²) in [5, 5.41) is 0. The molecule has 3 heteroatoms. The van der Waals surface area contributed by atoms with Gasteiger partial charge in [-0.15, -0.1) is 0 Å². The van der Waals surface area contributed by atoms with Crippen LogP contribution in [0.3, 0.4) is 0 Å². The van der Waals surface area contributed by atoms with Gasteiger partial charge in [-0.2, -0.15) is 0 Å². The van der Waals surface area contributed by atoms with E-state index in [9.17, 15) is 4.79 Å². The zero-order valence-corrected chi connectivity index (χ0v) is 9.84. The summed E-state index contributed by atoms with van der Waals surface area (Å²) in [5.74, 6) is -0.239. The van der Waals surface area contributed by atoms with Crippen LogP contribution in [-0.4, -0.2) is 18.2 Å². The maximum absolute atomic E-state index is 10.8. The standard InChI is InChI=1S/C12H20O3/c1-4-11-6-7-12(5-2,15-8-11)9-14-10(3)13/h8H,4-7,9H2,1-3H3. The lowest BCUT2D eigenvalue weighted by Gasteiger charge is -2.35. The minimum Gasteiger partial charge on any atom is -0.491 e. The smallest absolute Gasteiger partial charge is 0.302 e. The van der Waals surface area contributed by atoms with Crippen molar-refractivity contribution in [3.05, 3.63) is 11.8 Å². The molecule has 0 amide bonds. The second-order valence-electron chi connectivity index (χ2n) is 4.06. The Morgan fingerprint density at radius 1 is 1.60 bits per heavy atom. The van der Waals surface area contributed by atoms with Crippen LogP contribution in [0.15, 0.2) is 11.8 Å². The molecule has 1 heterocycles. The third kappa shape index (κ3) is 3.26. The maximum atomic E-state index is 10.8. The number of carbonyl (C=O) groups is 1. The van der Waals surface area contributed by atoms with Crippen molar-refractivity contribution < 1.29 is 14.3 Å². The van der Waals surface area contributed by atoms with E-state index in [-0.39, 0.29) is 11.6 Å². The fourth-order valence-corrected chi connectivity index (χ4v) is 1.68. The molecule has 0 saturated heterocycles. The fourth-order valence-electron chi connectivity index (χ4n) is 1.68. The molecule has 0 aromatic rings. The van der Waals surface area contributed by atoms with Crippen molar-refractivity contribution in [1.82, 2.24) is 0 Å². The number of esters is 1. The Morgan fingerprint density at radius 2 is 2.33 bits per heavy atom. The lowest BCUT2D eigenvalue weighted by atomic mass is 9.90. The molecule has 0 spiro atoms. The van der Waals surface area contributed by atoms with Crippen LogP contribution in [0.2, 0.25) is 0 Å². The van der Waals surface area contributed by atoms with Gasteiger partial charge in [0.1, 0.15) is 12.2 Å². The van der Waals surface area contributed by atoms with Gasteiger partial charge in [-0.1, -0.05) is 13.8 Å². The van der Waals surface area contributed by atoms with Crippen molar-refractivity contribution in [2.75, 3.05) is 6.61 Å². The lowest BCUT2D eigenvalue weighted by molar-refractivity contribution is -0.150. The number of rotatable bonds is 4. The Bertz CT molecular complexity index is 258. The Labute approximate surface area is 91.4 Å². The number of carbonyl (C=O) groups excluding carboxylic acids is 1. The normalized spacial score (nSPS) is 25.4. The van der Waals surface area contributed by atoms with Crippen LogP contribution < -0.4 is 0 Å². The van der Waals surface area contributed by atoms with E-state index in [4.69, 9.17) is 9.47 Å². The van der Waals surface area contributed by atoms with E-state index in [2.05, 4.69) is 13.8 Å². The molecule has 0 N–H and O–H groups in total. The van der Waals surface area contributed by atoms with Gasteiger partial charge in [0.2, 0.25) is 0 Å². The van der Waals surface area contributed by atoms with Crippen LogP contribution in [0, 0.1) is 0 Å². The summed E-state index contributed by atoms with van der Waals surface area (Å²) in [6, 6.07) is 0. The van der Waals surface area contributed by atoms with Crippen LogP contribution in [-0.2, 0) is 14.3 Å². The first kappa shape index (κ1) is 12.1. The summed E-state index contributed by atoms with van der Waals surface area (Å²) in [5.41, 5.74) is 1.05. The summed E-state index contributed by atoms with van der Waals surface area (Å²) in [4.78, 5) is 10.8. The van der Waals surface area contributed by atoms with E-state index in [0.717, 1.165) is 25.7 Å². The SMILES string of the molecule is CCC1=COC(CC)(COC(C)=O)CC1. The molecule has 1 unspecified atom stereocenters. The molecule has 0 radical (unpaired) electrons. The molecular formula is C12H20O3. The van der Waals surface area contributed by atoms with Gasteiger partial charge in [-0.3, -0.25) is 4.79 Å². The van der Waals surface area contributed by atoms with Gasteiger partial charge < -0.3 is 9.47 Å². The highest BCUT2D eigenvalue weighted by Gasteiger charge is 2.33. The number of hydrogen-bond acceptors (Lipinski definition) is 3. The summed E-state index contributed by atoms with van der Waals surface area (Å²) >= 11 is 0. The highest BCUT2D eigenvalue weighted by atomic mass is 16.6. The van der Waals surface area contributed by atoms with Gasteiger partial charge in [-0.25, -0.2) is 0 Å². The monoisotopic (exact) mass is 212 g/mol. The molecule has 0 aliphatic carbocycles. The third-order valence-electron chi connectivity index (χ3n) is 3.01. The topological polar surface area (TPSA) is 35.5 Å².